The van der Waals surface area contributed by atoms with Crippen LogP contribution in [-0.2, 0) is 11.2 Å². The van der Waals surface area contributed by atoms with Crippen molar-refractivity contribution in [2.75, 3.05) is 13.7 Å². The lowest BCUT2D eigenvalue weighted by atomic mass is 9.53. The number of amides is 1. The second-order valence-corrected chi connectivity index (χ2v) is 8.07. The minimum atomic E-state index is 0.0758. The number of hydrogen-bond donors (Lipinski definition) is 1. The summed E-state index contributed by atoms with van der Waals surface area (Å²) in [6.07, 6.45) is 5.95. The summed E-state index contributed by atoms with van der Waals surface area (Å²) in [5.74, 6) is 3.76. The van der Waals surface area contributed by atoms with Gasteiger partial charge in [0.25, 0.3) is 5.88 Å². The average molecular weight is 399 g/mol. The molecule has 0 saturated heterocycles. The van der Waals surface area contributed by atoms with Crippen LogP contribution in [0.5, 0.6) is 11.6 Å². The summed E-state index contributed by atoms with van der Waals surface area (Å²) in [6, 6.07) is 10.3. The van der Waals surface area contributed by atoms with Crippen LogP contribution in [0.3, 0.4) is 0 Å². The lowest BCUT2D eigenvalue weighted by molar-refractivity contribution is -0.124. The Morgan fingerprint density at radius 3 is 2.69 bits per heavy atom. The fourth-order valence-electron chi connectivity index (χ4n) is 5.07. The average Bonchev–Trinajstić information content (AvgIpc) is 3.19. The molecule has 2 saturated carbocycles. The molecule has 4 atom stereocenters. The molecule has 1 aromatic carbocycles. The Labute approximate surface area is 171 Å². The van der Waals surface area contributed by atoms with Gasteiger partial charge in [-0.15, -0.1) is 0 Å². The van der Waals surface area contributed by atoms with Crippen LogP contribution >= 0.6 is 0 Å². The number of nitrogens with zero attached hydrogens (tertiary/aromatic N) is 1. The maximum atomic E-state index is 12.7. The molecule has 156 valence electrons. The van der Waals surface area contributed by atoms with Gasteiger partial charge in [0.1, 0.15) is 11.5 Å². The zero-order valence-corrected chi connectivity index (χ0v) is 17.2. The van der Waals surface area contributed by atoms with Gasteiger partial charge in [0.05, 0.1) is 13.7 Å². The first-order valence-electron chi connectivity index (χ1n) is 10.7. The van der Waals surface area contributed by atoms with Crippen LogP contribution in [0.4, 0.5) is 0 Å². The van der Waals surface area contributed by atoms with E-state index < -0.39 is 0 Å². The minimum Gasteiger partial charge on any atom is -0.497 e. The molecule has 6 heteroatoms. The molecule has 0 radical (unpaired) electrons. The molecular formula is C23H30N2O4. The summed E-state index contributed by atoms with van der Waals surface area (Å²) in [4.78, 5) is 12.7. The van der Waals surface area contributed by atoms with Gasteiger partial charge in [-0.1, -0.05) is 25.0 Å². The Morgan fingerprint density at radius 2 is 1.97 bits per heavy atom. The Morgan fingerprint density at radius 1 is 1.21 bits per heavy atom. The lowest BCUT2D eigenvalue weighted by Gasteiger charge is -2.55. The highest BCUT2D eigenvalue weighted by atomic mass is 16.5. The Balaban J connectivity index is 1.38. The van der Waals surface area contributed by atoms with Crippen molar-refractivity contribution >= 4 is 5.91 Å². The van der Waals surface area contributed by atoms with Gasteiger partial charge >= 0.3 is 0 Å². The van der Waals surface area contributed by atoms with Gasteiger partial charge in [0.2, 0.25) is 5.91 Å². The molecule has 1 aromatic heterocycles. The van der Waals surface area contributed by atoms with Crippen LogP contribution in [0.2, 0.25) is 0 Å². The van der Waals surface area contributed by atoms with Crippen molar-refractivity contribution in [3.63, 3.8) is 0 Å². The lowest BCUT2D eigenvalue weighted by Crippen LogP contribution is -2.59. The summed E-state index contributed by atoms with van der Waals surface area (Å²) in [7, 11) is 1.68. The van der Waals surface area contributed by atoms with E-state index in [9.17, 15) is 4.79 Å². The molecule has 1 N–H and O–H groups in total. The molecule has 29 heavy (non-hydrogen) atoms. The molecule has 0 aliphatic heterocycles. The van der Waals surface area contributed by atoms with Gasteiger partial charge in [-0.25, -0.2) is 0 Å². The largest absolute Gasteiger partial charge is 0.497 e. The smallest absolute Gasteiger partial charge is 0.254 e. The number of ether oxygens (including phenoxy) is 2. The van der Waals surface area contributed by atoms with Crippen molar-refractivity contribution in [3.8, 4) is 11.6 Å². The molecule has 2 aliphatic carbocycles. The molecule has 2 aliphatic rings. The Kier molecular flexibility index (Phi) is 6.07. The SMILES string of the molecule is CCOc1cc(CCC(=O)N[C@H]2C3CCCCC3[C@@H]2c2ccc(OC)cc2)on1. The number of carbonyl (C=O) groups excluding carboxylic acids is 1. The van der Waals surface area contributed by atoms with Gasteiger partial charge in [-0.05, 0) is 54.5 Å². The summed E-state index contributed by atoms with van der Waals surface area (Å²) >= 11 is 0. The van der Waals surface area contributed by atoms with E-state index in [0.717, 1.165) is 5.75 Å². The minimum absolute atomic E-state index is 0.0758. The number of fused-ring (bicyclic) bond motifs is 1. The molecule has 1 heterocycles. The second kappa shape index (κ2) is 8.89. The number of hydrogen-bond acceptors (Lipinski definition) is 5. The van der Waals surface area contributed by atoms with Gasteiger partial charge < -0.3 is 19.3 Å². The standard InChI is InChI=1S/C23H30N2O4/c1-3-28-21-14-17(29-25-21)12-13-20(26)24-23-19-7-5-4-6-18(19)22(23)15-8-10-16(27-2)11-9-15/h8-11,14,18-19,22-23H,3-7,12-13H2,1-2H3,(H,24,26)/t18?,19?,22-,23-/m0/s1. The van der Waals surface area contributed by atoms with Crippen molar-refractivity contribution in [3.05, 3.63) is 41.7 Å². The first-order chi connectivity index (χ1) is 14.2. The van der Waals surface area contributed by atoms with E-state index in [0.29, 0.717) is 48.8 Å². The Bertz CT molecular complexity index is 817. The summed E-state index contributed by atoms with van der Waals surface area (Å²) in [5.41, 5.74) is 1.30. The topological polar surface area (TPSA) is 73.6 Å². The molecule has 2 aromatic rings. The number of methoxy groups -OCH3 is 1. The third-order valence-corrected chi connectivity index (χ3v) is 6.44. The number of rotatable bonds is 8. The maximum absolute atomic E-state index is 12.7. The van der Waals surface area contributed by atoms with Crippen LogP contribution in [-0.4, -0.2) is 30.8 Å². The summed E-state index contributed by atoms with van der Waals surface area (Å²) in [6.45, 7) is 2.45. The number of nitrogens with one attached hydrogen (secondary N) is 1. The molecule has 4 rings (SSSR count). The van der Waals surface area contributed by atoms with Crippen molar-refractivity contribution in [1.29, 1.82) is 0 Å². The molecule has 6 nitrogen and oxygen atoms in total. The van der Waals surface area contributed by atoms with Gasteiger partial charge in [-0.2, -0.15) is 0 Å². The second-order valence-electron chi connectivity index (χ2n) is 8.07. The summed E-state index contributed by atoms with van der Waals surface area (Å²) < 4.78 is 15.8. The molecule has 2 unspecified atom stereocenters. The quantitative estimate of drug-likeness (QED) is 0.725. The highest BCUT2D eigenvalue weighted by molar-refractivity contribution is 5.76. The normalized spacial score (nSPS) is 25.6. The first kappa shape index (κ1) is 19.8. The van der Waals surface area contributed by atoms with Crippen molar-refractivity contribution in [2.45, 2.75) is 57.4 Å². The fraction of sp³-hybridized carbons (Fsp3) is 0.565. The van der Waals surface area contributed by atoms with Crippen LogP contribution < -0.4 is 14.8 Å². The zero-order valence-electron chi connectivity index (χ0n) is 17.2. The summed E-state index contributed by atoms with van der Waals surface area (Å²) in [5, 5.41) is 7.18. The fourth-order valence-corrected chi connectivity index (χ4v) is 5.07. The van der Waals surface area contributed by atoms with Crippen LogP contribution in [0.1, 0.15) is 56.3 Å². The van der Waals surface area contributed by atoms with E-state index in [1.165, 1.54) is 31.2 Å². The monoisotopic (exact) mass is 398 g/mol. The number of benzene rings is 1. The van der Waals surface area contributed by atoms with E-state index in [4.69, 9.17) is 14.0 Å². The highest BCUT2D eigenvalue weighted by Gasteiger charge is 2.51. The predicted octanol–water partition coefficient (Wildman–Crippen LogP) is 4.10. The van der Waals surface area contributed by atoms with Crippen LogP contribution in [0.15, 0.2) is 34.9 Å². The first-order valence-corrected chi connectivity index (χ1v) is 10.7. The third kappa shape index (κ3) is 4.26. The van der Waals surface area contributed by atoms with Crippen molar-refractivity contribution < 1.29 is 18.8 Å². The maximum Gasteiger partial charge on any atom is 0.254 e. The Hall–Kier alpha value is -2.50. The predicted molar refractivity (Wildman–Crippen MR) is 109 cm³/mol. The van der Waals surface area contributed by atoms with Crippen LogP contribution in [0, 0.1) is 11.8 Å². The zero-order chi connectivity index (χ0) is 20.2. The van der Waals surface area contributed by atoms with E-state index in [1.54, 1.807) is 13.2 Å². The molecular weight excluding hydrogens is 368 g/mol. The van der Waals surface area contributed by atoms with Crippen molar-refractivity contribution in [2.24, 2.45) is 11.8 Å². The number of aromatic nitrogens is 1. The van der Waals surface area contributed by atoms with E-state index in [1.807, 2.05) is 19.1 Å². The van der Waals surface area contributed by atoms with E-state index in [-0.39, 0.29) is 11.9 Å². The molecule has 0 bridgehead atoms. The van der Waals surface area contributed by atoms with E-state index >= 15 is 0 Å². The van der Waals surface area contributed by atoms with Crippen LogP contribution in [0.25, 0.3) is 0 Å². The van der Waals surface area contributed by atoms with E-state index in [2.05, 4.69) is 22.6 Å². The van der Waals surface area contributed by atoms with Crippen molar-refractivity contribution in [1.82, 2.24) is 10.5 Å². The molecule has 2 fully saturated rings. The highest BCUT2D eigenvalue weighted by Crippen LogP contribution is 2.54. The van der Waals surface area contributed by atoms with Gasteiger partial charge in [0, 0.05) is 30.9 Å². The molecule has 1 amide bonds. The number of aryl methyl sites for hydroxylation is 1. The molecule has 0 spiro atoms. The van der Waals surface area contributed by atoms with Gasteiger partial charge in [0.15, 0.2) is 0 Å². The third-order valence-electron chi connectivity index (χ3n) is 6.44. The number of carbonyl (C=O) groups is 1. The van der Waals surface area contributed by atoms with Gasteiger partial charge in [-0.3, -0.25) is 4.79 Å².